The van der Waals surface area contributed by atoms with Crippen LogP contribution in [-0.4, -0.2) is 0 Å². The Morgan fingerprint density at radius 1 is 0.562 bits per heavy atom. The van der Waals surface area contributed by atoms with Gasteiger partial charge >= 0.3 is 0 Å². The average molecular weight is 210 g/mol. The van der Waals surface area contributed by atoms with Crippen molar-refractivity contribution in [1.29, 1.82) is 11.1 Å². The first kappa shape index (κ1) is 10.2. The third-order valence-corrected chi connectivity index (χ3v) is 2.33. The zero-order valence-electron chi connectivity index (χ0n) is 8.51. The van der Waals surface area contributed by atoms with Crippen LogP contribution in [0, 0.1) is 11.1 Å². The van der Waals surface area contributed by atoms with Gasteiger partial charge in [-0.05, 0) is 35.4 Å². The lowest BCUT2D eigenvalue weighted by molar-refractivity contribution is 1.15. The summed E-state index contributed by atoms with van der Waals surface area (Å²) in [4.78, 5) is 0. The van der Waals surface area contributed by atoms with E-state index in [0.29, 0.717) is 11.4 Å². The minimum absolute atomic E-state index is 0.640. The number of nitrogens with one attached hydrogen (secondary N) is 2. The van der Waals surface area contributed by atoms with Gasteiger partial charge in [0.05, 0.1) is 11.4 Å². The highest BCUT2D eigenvalue weighted by Crippen LogP contribution is 2.24. The molecule has 4 nitrogen and oxygen atoms in total. The third-order valence-electron chi connectivity index (χ3n) is 2.33. The Kier molecular flexibility index (Phi) is 2.82. The summed E-state index contributed by atoms with van der Waals surface area (Å²) in [5.41, 5.74) is 17.1. The molecule has 0 spiro atoms. The van der Waals surface area contributed by atoms with Crippen LogP contribution in [-0.2, 0) is 0 Å². The molecule has 0 radical (unpaired) electrons. The zero-order chi connectivity index (χ0) is 11.4. The van der Waals surface area contributed by atoms with Gasteiger partial charge in [-0.25, -0.2) is 11.1 Å². The molecule has 16 heavy (non-hydrogen) atoms. The van der Waals surface area contributed by atoms with Crippen molar-refractivity contribution in [1.82, 2.24) is 0 Å². The quantitative estimate of drug-likeness (QED) is 0.690. The molecule has 78 valence electrons. The second-order valence-electron chi connectivity index (χ2n) is 3.32. The molecule has 0 saturated heterocycles. The number of nitrogens with zero attached hydrogens (tertiary/aromatic N) is 2. The molecular weight excluding hydrogens is 200 g/mol. The Balaban J connectivity index is 2.34. The van der Waals surface area contributed by atoms with Crippen molar-refractivity contribution in [2.24, 2.45) is 10.2 Å². The summed E-state index contributed by atoms with van der Waals surface area (Å²) >= 11 is 0. The Morgan fingerprint density at radius 2 is 0.875 bits per heavy atom. The van der Waals surface area contributed by atoms with Crippen LogP contribution < -0.4 is 0 Å². The molecule has 0 heterocycles. The minimum Gasteiger partial charge on any atom is -0.204 e. The molecule has 2 rings (SSSR count). The highest BCUT2D eigenvalue weighted by molar-refractivity contribution is 5.66. The number of rotatable bonds is 3. The van der Waals surface area contributed by atoms with Crippen LogP contribution in [0.5, 0.6) is 0 Å². The van der Waals surface area contributed by atoms with Gasteiger partial charge in [0.1, 0.15) is 0 Å². The van der Waals surface area contributed by atoms with E-state index in [9.17, 15) is 0 Å². The lowest BCUT2D eigenvalue weighted by Crippen LogP contribution is -1.75. The molecular formula is C12H10N4. The molecule has 0 aliphatic rings. The lowest BCUT2D eigenvalue weighted by Gasteiger charge is -2.01. The average Bonchev–Trinajstić information content (AvgIpc) is 2.39. The Hall–Kier alpha value is -2.36. The number of hydrogen-bond donors (Lipinski definition) is 2. The van der Waals surface area contributed by atoms with E-state index in [0.717, 1.165) is 11.1 Å². The van der Waals surface area contributed by atoms with E-state index >= 15 is 0 Å². The molecule has 0 fully saturated rings. The largest absolute Gasteiger partial charge is 0.204 e. The number of benzene rings is 2. The van der Waals surface area contributed by atoms with Crippen LogP contribution in [0.25, 0.3) is 11.1 Å². The van der Waals surface area contributed by atoms with E-state index in [1.165, 1.54) is 0 Å². The molecule has 0 amide bonds. The van der Waals surface area contributed by atoms with Crippen molar-refractivity contribution in [3.05, 3.63) is 48.5 Å². The Morgan fingerprint density at radius 3 is 1.12 bits per heavy atom. The zero-order valence-corrected chi connectivity index (χ0v) is 8.51. The maximum absolute atomic E-state index is 6.86. The van der Waals surface area contributed by atoms with Gasteiger partial charge in [-0.1, -0.05) is 24.3 Å². The molecule has 0 saturated carbocycles. The normalized spacial score (nSPS) is 9.75. The van der Waals surface area contributed by atoms with Crippen molar-refractivity contribution < 1.29 is 0 Å². The fourth-order valence-corrected chi connectivity index (χ4v) is 1.46. The fourth-order valence-electron chi connectivity index (χ4n) is 1.46. The van der Waals surface area contributed by atoms with Crippen LogP contribution >= 0.6 is 0 Å². The predicted octanol–water partition coefficient (Wildman–Crippen LogP) is 4.68. The van der Waals surface area contributed by atoms with Crippen LogP contribution in [0.1, 0.15) is 0 Å². The van der Waals surface area contributed by atoms with Gasteiger partial charge in [0.2, 0.25) is 0 Å². The maximum Gasteiger partial charge on any atom is 0.0850 e. The van der Waals surface area contributed by atoms with E-state index in [-0.39, 0.29) is 0 Å². The summed E-state index contributed by atoms with van der Waals surface area (Å²) in [7, 11) is 0. The molecule has 0 aromatic heterocycles. The second-order valence-corrected chi connectivity index (χ2v) is 3.32. The summed E-state index contributed by atoms with van der Waals surface area (Å²) in [6, 6.07) is 14.9. The monoisotopic (exact) mass is 210 g/mol. The summed E-state index contributed by atoms with van der Waals surface area (Å²) in [5.74, 6) is 0. The summed E-state index contributed by atoms with van der Waals surface area (Å²) < 4.78 is 0. The van der Waals surface area contributed by atoms with Crippen molar-refractivity contribution in [2.75, 3.05) is 0 Å². The Bertz CT molecular complexity index is 450. The minimum atomic E-state index is 0.640. The van der Waals surface area contributed by atoms with Crippen LogP contribution in [0.4, 0.5) is 11.4 Å². The standard InChI is InChI=1S/C12H10N4/c13-15-11-5-1-9(2-6-11)10-3-7-12(16-14)8-4-10/h1-8,13-14H. The van der Waals surface area contributed by atoms with Crippen LogP contribution in [0.3, 0.4) is 0 Å². The van der Waals surface area contributed by atoms with Gasteiger partial charge in [-0.15, -0.1) is 0 Å². The molecule has 0 unspecified atom stereocenters. The van der Waals surface area contributed by atoms with Crippen molar-refractivity contribution in [2.45, 2.75) is 0 Å². The molecule has 0 aliphatic carbocycles. The van der Waals surface area contributed by atoms with E-state index < -0.39 is 0 Å². The topological polar surface area (TPSA) is 72.4 Å². The summed E-state index contributed by atoms with van der Waals surface area (Å²) in [6.07, 6.45) is 0. The van der Waals surface area contributed by atoms with E-state index in [1.807, 2.05) is 24.3 Å². The van der Waals surface area contributed by atoms with Gasteiger partial charge in [0.25, 0.3) is 0 Å². The van der Waals surface area contributed by atoms with Crippen molar-refractivity contribution in [3.63, 3.8) is 0 Å². The third kappa shape index (κ3) is 2.00. The van der Waals surface area contributed by atoms with Gasteiger partial charge in [0.15, 0.2) is 0 Å². The van der Waals surface area contributed by atoms with E-state index in [1.54, 1.807) is 24.3 Å². The first-order valence-corrected chi connectivity index (χ1v) is 4.79. The van der Waals surface area contributed by atoms with Gasteiger partial charge in [-0.3, -0.25) is 0 Å². The van der Waals surface area contributed by atoms with Crippen molar-refractivity contribution in [3.8, 4) is 11.1 Å². The predicted molar refractivity (Wildman–Crippen MR) is 61.5 cm³/mol. The lowest BCUT2D eigenvalue weighted by atomic mass is 10.1. The van der Waals surface area contributed by atoms with Gasteiger partial charge < -0.3 is 0 Å². The molecule has 0 atom stereocenters. The van der Waals surface area contributed by atoms with Crippen LogP contribution in [0.2, 0.25) is 0 Å². The fraction of sp³-hybridized carbons (Fsp3) is 0. The van der Waals surface area contributed by atoms with Crippen LogP contribution in [0.15, 0.2) is 58.8 Å². The highest BCUT2D eigenvalue weighted by atomic mass is 15.0. The second kappa shape index (κ2) is 4.44. The maximum atomic E-state index is 6.86. The van der Waals surface area contributed by atoms with E-state index in [2.05, 4.69) is 10.2 Å². The first-order valence-electron chi connectivity index (χ1n) is 4.79. The van der Waals surface area contributed by atoms with E-state index in [4.69, 9.17) is 11.1 Å². The first-order chi connectivity index (χ1) is 7.83. The molecule has 0 aliphatic heterocycles. The smallest absolute Gasteiger partial charge is 0.0850 e. The molecule has 2 N–H and O–H groups in total. The molecule has 4 heteroatoms. The SMILES string of the molecule is N=Nc1ccc(-c2ccc(N=N)cc2)cc1. The summed E-state index contributed by atoms with van der Waals surface area (Å²) in [6.45, 7) is 0. The highest BCUT2D eigenvalue weighted by Gasteiger charge is 1.97. The Labute approximate surface area is 93.0 Å². The summed E-state index contributed by atoms with van der Waals surface area (Å²) in [5, 5.41) is 6.69. The number of hydrogen-bond acceptors (Lipinski definition) is 4. The van der Waals surface area contributed by atoms with Gasteiger partial charge in [0, 0.05) is 0 Å². The van der Waals surface area contributed by atoms with Gasteiger partial charge in [-0.2, -0.15) is 10.2 Å². The molecule has 2 aromatic rings. The molecule has 0 bridgehead atoms. The molecule has 2 aromatic carbocycles. The van der Waals surface area contributed by atoms with Crippen molar-refractivity contribution >= 4 is 11.4 Å².